The van der Waals surface area contributed by atoms with E-state index in [0.29, 0.717) is 42.4 Å². The quantitative estimate of drug-likeness (QED) is 0.470. The summed E-state index contributed by atoms with van der Waals surface area (Å²) in [7, 11) is 0. The smallest absolute Gasteiger partial charge is 0.259 e. The van der Waals surface area contributed by atoms with Gasteiger partial charge in [-0.05, 0) is 50.3 Å². The maximum Gasteiger partial charge on any atom is 0.259 e. The maximum absolute atomic E-state index is 13.4. The minimum absolute atomic E-state index is 0.0490. The molecule has 0 N–H and O–H groups in total. The lowest BCUT2D eigenvalue weighted by atomic mass is 9.97. The van der Waals surface area contributed by atoms with Gasteiger partial charge in [-0.25, -0.2) is 4.98 Å². The number of amides is 1. The molecular weight excluding hydrogens is 426 g/mol. The number of carbonyl (C=O) groups is 1. The average Bonchev–Trinajstić information content (AvgIpc) is 3.51. The minimum Gasteiger partial charge on any atom is -0.420 e. The molecular formula is C23H23N5O3S. The Hall–Kier alpha value is -3.33. The van der Waals surface area contributed by atoms with Crippen LogP contribution < -0.4 is 5.43 Å². The van der Waals surface area contributed by atoms with Crippen LogP contribution in [0.2, 0.25) is 0 Å². The molecule has 0 aliphatic carbocycles. The zero-order chi connectivity index (χ0) is 22.2. The number of nitrogens with zero attached hydrogens (tertiary/aromatic N) is 5. The fraction of sp³-hybridized carbons (Fsp3) is 0.348. The first kappa shape index (κ1) is 20.6. The normalized spacial score (nSPS) is 16.6. The highest BCUT2D eigenvalue weighted by molar-refractivity contribution is 7.13. The van der Waals surface area contributed by atoms with Gasteiger partial charge in [0, 0.05) is 31.5 Å². The molecule has 164 valence electrons. The molecule has 4 aromatic rings. The first-order valence-electron chi connectivity index (χ1n) is 10.7. The molecule has 0 saturated carbocycles. The molecule has 1 amide bonds. The third-order valence-corrected chi connectivity index (χ3v) is 6.72. The average molecular weight is 450 g/mol. The van der Waals surface area contributed by atoms with Gasteiger partial charge >= 0.3 is 0 Å². The topological polar surface area (TPSA) is 94.1 Å². The second-order valence-corrected chi connectivity index (χ2v) is 8.94. The molecule has 1 unspecified atom stereocenters. The number of fused-ring (bicyclic) bond motifs is 1. The SMILES string of the molecule is CCn1cc(C(=O)N2CCCC(c3nnc(-c4cccs4)o3)C2)c(=O)c2ccc(C)nc21. The van der Waals surface area contributed by atoms with E-state index in [2.05, 4.69) is 15.2 Å². The van der Waals surface area contributed by atoms with Gasteiger partial charge in [-0.15, -0.1) is 21.5 Å². The predicted octanol–water partition coefficient (Wildman–Crippen LogP) is 3.86. The third kappa shape index (κ3) is 3.62. The zero-order valence-corrected chi connectivity index (χ0v) is 18.8. The Bertz CT molecular complexity index is 1340. The van der Waals surface area contributed by atoms with E-state index in [0.717, 1.165) is 23.4 Å². The Morgan fingerprint density at radius 1 is 1.28 bits per heavy atom. The van der Waals surface area contributed by atoms with Gasteiger partial charge in [-0.2, -0.15) is 0 Å². The number of rotatable bonds is 4. The van der Waals surface area contributed by atoms with E-state index in [4.69, 9.17) is 4.42 Å². The number of aromatic nitrogens is 4. The Labute approximate surface area is 188 Å². The van der Waals surface area contributed by atoms with Gasteiger partial charge in [0.25, 0.3) is 11.8 Å². The molecule has 1 atom stereocenters. The second kappa shape index (κ2) is 8.31. The molecule has 9 heteroatoms. The summed E-state index contributed by atoms with van der Waals surface area (Å²) in [5.41, 5.74) is 1.34. The Morgan fingerprint density at radius 3 is 2.94 bits per heavy atom. The molecule has 5 rings (SSSR count). The summed E-state index contributed by atoms with van der Waals surface area (Å²) in [6.07, 6.45) is 3.31. The van der Waals surface area contributed by atoms with Gasteiger partial charge in [-0.1, -0.05) is 6.07 Å². The van der Waals surface area contributed by atoms with Crippen molar-refractivity contribution in [3.63, 3.8) is 0 Å². The number of aryl methyl sites for hydroxylation is 2. The van der Waals surface area contributed by atoms with Crippen molar-refractivity contribution in [1.82, 2.24) is 24.6 Å². The standard InChI is InChI=1S/C23H23N5O3S/c1-3-27-13-17(19(29)16-9-8-14(2)24-20(16)27)23(30)28-10-4-6-15(12-28)21-25-26-22(31-21)18-7-5-11-32-18/h5,7-9,11,13,15H,3-4,6,10,12H2,1-2H3. The first-order chi connectivity index (χ1) is 15.5. The van der Waals surface area contributed by atoms with Gasteiger partial charge in [-0.3, -0.25) is 9.59 Å². The number of pyridine rings is 2. The lowest BCUT2D eigenvalue weighted by Crippen LogP contribution is -2.41. The molecule has 8 nitrogen and oxygen atoms in total. The molecule has 1 aliphatic heterocycles. The van der Waals surface area contributed by atoms with Crippen LogP contribution in [0, 0.1) is 6.92 Å². The van der Waals surface area contributed by atoms with Crippen LogP contribution in [0.3, 0.4) is 0 Å². The Morgan fingerprint density at radius 2 is 2.16 bits per heavy atom. The molecule has 0 bridgehead atoms. The summed E-state index contributed by atoms with van der Waals surface area (Å²) in [6.45, 7) is 5.51. The van der Waals surface area contributed by atoms with Crippen LogP contribution in [-0.4, -0.2) is 43.6 Å². The van der Waals surface area contributed by atoms with E-state index in [9.17, 15) is 9.59 Å². The van der Waals surface area contributed by atoms with Crippen molar-refractivity contribution in [2.24, 2.45) is 0 Å². The van der Waals surface area contributed by atoms with Gasteiger partial charge < -0.3 is 13.9 Å². The van der Waals surface area contributed by atoms with Crippen molar-refractivity contribution < 1.29 is 9.21 Å². The lowest BCUT2D eigenvalue weighted by molar-refractivity contribution is 0.0696. The lowest BCUT2D eigenvalue weighted by Gasteiger charge is -2.31. The van der Waals surface area contributed by atoms with Gasteiger partial charge in [0.05, 0.1) is 16.2 Å². The van der Waals surface area contributed by atoms with Crippen LogP contribution in [0.1, 0.15) is 47.6 Å². The number of carbonyl (C=O) groups excluding carboxylic acids is 1. The highest BCUT2D eigenvalue weighted by Crippen LogP contribution is 2.30. The molecule has 0 radical (unpaired) electrons. The fourth-order valence-corrected chi connectivity index (χ4v) is 4.83. The summed E-state index contributed by atoms with van der Waals surface area (Å²) in [5, 5.41) is 10.8. The van der Waals surface area contributed by atoms with Crippen molar-refractivity contribution in [3.8, 4) is 10.8 Å². The summed E-state index contributed by atoms with van der Waals surface area (Å²) >= 11 is 1.54. The van der Waals surface area contributed by atoms with E-state index >= 15 is 0 Å². The van der Waals surface area contributed by atoms with Crippen LogP contribution in [0.15, 0.2) is 45.1 Å². The number of thiophene rings is 1. The number of likely N-dealkylation sites (tertiary alicyclic amines) is 1. The summed E-state index contributed by atoms with van der Waals surface area (Å²) in [4.78, 5) is 33.7. The van der Waals surface area contributed by atoms with Crippen molar-refractivity contribution >= 4 is 28.3 Å². The summed E-state index contributed by atoms with van der Waals surface area (Å²) < 4.78 is 7.77. The van der Waals surface area contributed by atoms with Crippen LogP contribution >= 0.6 is 11.3 Å². The van der Waals surface area contributed by atoms with Crippen molar-refractivity contribution in [2.45, 2.75) is 39.2 Å². The molecule has 5 heterocycles. The van der Waals surface area contributed by atoms with Crippen LogP contribution in [0.4, 0.5) is 0 Å². The van der Waals surface area contributed by atoms with Crippen molar-refractivity contribution in [3.05, 3.63) is 63.2 Å². The number of piperidine rings is 1. The number of hydrogen-bond donors (Lipinski definition) is 0. The van der Waals surface area contributed by atoms with Gasteiger partial charge in [0.15, 0.2) is 0 Å². The molecule has 1 fully saturated rings. The van der Waals surface area contributed by atoms with Crippen LogP contribution in [0.25, 0.3) is 21.8 Å². The van der Waals surface area contributed by atoms with E-state index in [-0.39, 0.29) is 22.8 Å². The Balaban J connectivity index is 1.43. The van der Waals surface area contributed by atoms with Gasteiger partial charge in [0.1, 0.15) is 11.2 Å². The summed E-state index contributed by atoms with van der Waals surface area (Å²) in [6, 6.07) is 7.43. The highest BCUT2D eigenvalue weighted by atomic mass is 32.1. The molecule has 1 aliphatic rings. The van der Waals surface area contributed by atoms with E-state index in [1.165, 1.54) is 0 Å². The fourth-order valence-electron chi connectivity index (χ4n) is 4.19. The van der Waals surface area contributed by atoms with Gasteiger partial charge in [0.2, 0.25) is 11.3 Å². The molecule has 1 saturated heterocycles. The van der Waals surface area contributed by atoms with E-state index < -0.39 is 0 Å². The van der Waals surface area contributed by atoms with E-state index in [1.54, 1.807) is 34.6 Å². The predicted molar refractivity (Wildman–Crippen MR) is 122 cm³/mol. The number of hydrogen-bond acceptors (Lipinski definition) is 7. The van der Waals surface area contributed by atoms with Crippen molar-refractivity contribution in [2.75, 3.05) is 13.1 Å². The van der Waals surface area contributed by atoms with Crippen molar-refractivity contribution in [1.29, 1.82) is 0 Å². The van der Waals surface area contributed by atoms with Crippen LogP contribution in [0.5, 0.6) is 0 Å². The largest absolute Gasteiger partial charge is 0.420 e. The maximum atomic E-state index is 13.4. The molecule has 4 aromatic heterocycles. The molecule has 0 aromatic carbocycles. The van der Waals surface area contributed by atoms with E-state index in [1.807, 2.05) is 35.9 Å². The zero-order valence-electron chi connectivity index (χ0n) is 17.9. The Kier molecular flexibility index (Phi) is 5.34. The summed E-state index contributed by atoms with van der Waals surface area (Å²) in [5.74, 6) is 0.728. The first-order valence-corrected chi connectivity index (χ1v) is 11.6. The highest BCUT2D eigenvalue weighted by Gasteiger charge is 2.30. The second-order valence-electron chi connectivity index (χ2n) is 7.99. The van der Waals surface area contributed by atoms with Crippen LogP contribution in [-0.2, 0) is 6.54 Å². The third-order valence-electron chi connectivity index (χ3n) is 5.86. The minimum atomic E-state index is -0.276. The molecule has 32 heavy (non-hydrogen) atoms. The monoisotopic (exact) mass is 449 g/mol. The molecule has 0 spiro atoms.